The molecule has 110 valence electrons. The van der Waals surface area contributed by atoms with E-state index < -0.39 is 0 Å². The van der Waals surface area contributed by atoms with Gasteiger partial charge in [-0.05, 0) is 59.3 Å². The van der Waals surface area contributed by atoms with Crippen molar-refractivity contribution in [3.8, 4) is 0 Å². The molecule has 1 nitrogen and oxygen atoms in total. The molecule has 2 rings (SSSR count). The van der Waals surface area contributed by atoms with Gasteiger partial charge in [0.25, 0.3) is 0 Å². The van der Waals surface area contributed by atoms with E-state index in [0.29, 0.717) is 11.8 Å². The van der Waals surface area contributed by atoms with Gasteiger partial charge in [-0.2, -0.15) is 0 Å². The molecule has 0 aromatic heterocycles. The van der Waals surface area contributed by atoms with Crippen LogP contribution in [-0.2, 0) is 10.8 Å². The Kier molecular flexibility index (Phi) is 3.40. The number of carbonyl (C=O) groups is 1. The average molecular weight is 272 g/mol. The van der Waals surface area contributed by atoms with Crippen molar-refractivity contribution in [2.24, 2.45) is 11.8 Å². The lowest BCUT2D eigenvalue weighted by Crippen LogP contribution is -2.47. The maximum Gasteiger partial charge on any atom is 0.160 e. The smallest absolute Gasteiger partial charge is 0.160 e. The summed E-state index contributed by atoms with van der Waals surface area (Å²) < 4.78 is 0. The monoisotopic (exact) mass is 272 g/mol. The molecule has 0 saturated heterocycles. The first kappa shape index (κ1) is 15.3. The molecular formula is C19H28O. The van der Waals surface area contributed by atoms with E-state index in [1.807, 2.05) is 0 Å². The number of Topliss-reactive ketones (excluding diaryl/α,β-unsaturated/α-hetero) is 1. The van der Waals surface area contributed by atoms with Gasteiger partial charge in [0.05, 0.1) is 0 Å². The quantitative estimate of drug-likeness (QED) is 0.655. The first-order valence-corrected chi connectivity index (χ1v) is 7.67. The third-order valence-electron chi connectivity index (χ3n) is 6.16. The van der Waals surface area contributed by atoms with Crippen molar-refractivity contribution in [2.45, 2.75) is 66.2 Å². The molecule has 1 aromatic carbocycles. The Bertz CT molecular complexity index is 563. The predicted octanol–water partition coefficient (Wildman–Crippen LogP) is 5.04. The summed E-state index contributed by atoms with van der Waals surface area (Å²) in [5.74, 6) is 1.38. The summed E-state index contributed by atoms with van der Waals surface area (Å²) in [5, 5.41) is 0. The van der Waals surface area contributed by atoms with Gasteiger partial charge in [-0.25, -0.2) is 0 Å². The molecule has 0 aliphatic heterocycles. The minimum Gasteiger partial charge on any atom is -0.295 e. The van der Waals surface area contributed by atoms with E-state index in [2.05, 4.69) is 60.6 Å². The molecule has 20 heavy (non-hydrogen) atoms. The standard InChI is InChI=1S/C19H28O/c1-11-9-16-17(10-15(11)14(4)20)19(7,8)13(3)12(2)18(16,5)6/h9-10,12-13H,1-8H3. The van der Waals surface area contributed by atoms with Crippen LogP contribution in [0, 0.1) is 18.8 Å². The third kappa shape index (κ3) is 1.94. The Hall–Kier alpha value is -1.11. The van der Waals surface area contributed by atoms with E-state index in [9.17, 15) is 4.79 Å². The summed E-state index contributed by atoms with van der Waals surface area (Å²) in [4.78, 5) is 11.9. The number of ketones is 1. The largest absolute Gasteiger partial charge is 0.295 e. The van der Waals surface area contributed by atoms with Crippen LogP contribution in [0.3, 0.4) is 0 Å². The number of hydrogen-bond donors (Lipinski definition) is 0. The fourth-order valence-corrected chi connectivity index (χ4v) is 3.89. The van der Waals surface area contributed by atoms with E-state index in [1.165, 1.54) is 11.1 Å². The molecule has 0 amide bonds. The fraction of sp³-hybridized carbons (Fsp3) is 0.632. The Morgan fingerprint density at radius 2 is 1.35 bits per heavy atom. The van der Waals surface area contributed by atoms with Gasteiger partial charge in [0.15, 0.2) is 5.78 Å². The molecule has 0 radical (unpaired) electrons. The number of carbonyl (C=O) groups excluding carboxylic acids is 1. The van der Waals surface area contributed by atoms with Crippen molar-refractivity contribution in [2.75, 3.05) is 0 Å². The van der Waals surface area contributed by atoms with Crippen molar-refractivity contribution < 1.29 is 4.79 Å². The average Bonchev–Trinajstić information content (AvgIpc) is 2.34. The fourth-order valence-electron chi connectivity index (χ4n) is 3.89. The van der Waals surface area contributed by atoms with Gasteiger partial charge in [0.1, 0.15) is 0 Å². The zero-order chi connectivity index (χ0) is 15.5. The van der Waals surface area contributed by atoms with Crippen molar-refractivity contribution >= 4 is 5.78 Å². The van der Waals surface area contributed by atoms with Gasteiger partial charge in [-0.3, -0.25) is 4.79 Å². The maximum atomic E-state index is 11.9. The van der Waals surface area contributed by atoms with Gasteiger partial charge < -0.3 is 0 Å². The zero-order valence-electron chi connectivity index (χ0n) is 14.2. The van der Waals surface area contributed by atoms with Gasteiger partial charge in [-0.15, -0.1) is 0 Å². The Labute approximate surface area is 123 Å². The van der Waals surface area contributed by atoms with E-state index in [0.717, 1.165) is 11.1 Å². The summed E-state index contributed by atoms with van der Waals surface area (Å²) >= 11 is 0. The van der Waals surface area contributed by atoms with Crippen LogP contribution in [0.25, 0.3) is 0 Å². The molecule has 0 fully saturated rings. The topological polar surface area (TPSA) is 17.1 Å². The van der Waals surface area contributed by atoms with Gasteiger partial charge in [-0.1, -0.05) is 47.6 Å². The number of fused-ring (bicyclic) bond motifs is 1. The summed E-state index contributed by atoms with van der Waals surface area (Å²) in [6.45, 7) is 17.8. The summed E-state index contributed by atoms with van der Waals surface area (Å²) in [7, 11) is 0. The van der Waals surface area contributed by atoms with E-state index in [1.54, 1.807) is 6.92 Å². The van der Waals surface area contributed by atoms with Crippen LogP contribution in [0.1, 0.15) is 75.5 Å². The third-order valence-corrected chi connectivity index (χ3v) is 6.16. The SMILES string of the molecule is CC(=O)c1cc2c(cc1C)C(C)(C)C(C)C(C)C2(C)C. The predicted molar refractivity (Wildman–Crippen MR) is 85.6 cm³/mol. The molecule has 1 heteroatoms. The van der Waals surface area contributed by atoms with Crippen LogP contribution >= 0.6 is 0 Å². The van der Waals surface area contributed by atoms with E-state index in [-0.39, 0.29) is 16.6 Å². The van der Waals surface area contributed by atoms with Crippen molar-refractivity contribution in [3.05, 3.63) is 34.4 Å². The molecule has 0 bridgehead atoms. The van der Waals surface area contributed by atoms with Crippen LogP contribution in [0.2, 0.25) is 0 Å². The van der Waals surface area contributed by atoms with Gasteiger partial charge in [0, 0.05) is 5.56 Å². The number of rotatable bonds is 1. The molecule has 0 N–H and O–H groups in total. The van der Waals surface area contributed by atoms with Crippen molar-refractivity contribution in [1.82, 2.24) is 0 Å². The van der Waals surface area contributed by atoms with Crippen LogP contribution in [0.5, 0.6) is 0 Å². The highest BCUT2D eigenvalue weighted by Crippen LogP contribution is 2.52. The molecule has 2 unspecified atom stereocenters. The molecule has 1 aliphatic rings. The first-order chi connectivity index (χ1) is 9.01. The number of aryl methyl sites for hydroxylation is 1. The highest BCUT2D eigenvalue weighted by molar-refractivity contribution is 5.96. The number of hydrogen-bond acceptors (Lipinski definition) is 1. The maximum absolute atomic E-state index is 11.9. The highest BCUT2D eigenvalue weighted by Gasteiger charge is 2.47. The molecule has 0 saturated carbocycles. The molecule has 1 aromatic rings. The second kappa shape index (κ2) is 4.44. The lowest BCUT2D eigenvalue weighted by Gasteiger charge is -2.51. The lowest BCUT2D eigenvalue weighted by atomic mass is 9.53. The van der Waals surface area contributed by atoms with E-state index >= 15 is 0 Å². The van der Waals surface area contributed by atoms with Crippen LogP contribution in [0.4, 0.5) is 0 Å². The van der Waals surface area contributed by atoms with Crippen molar-refractivity contribution in [1.29, 1.82) is 0 Å². The van der Waals surface area contributed by atoms with Crippen LogP contribution < -0.4 is 0 Å². The van der Waals surface area contributed by atoms with E-state index in [4.69, 9.17) is 0 Å². The summed E-state index contributed by atoms with van der Waals surface area (Å²) in [6.07, 6.45) is 0. The molecule has 1 aliphatic carbocycles. The first-order valence-electron chi connectivity index (χ1n) is 7.67. The number of benzene rings is 1. The normalized spacial score (nSPS) is 27.0. The van der Waals surface area contributed by atoms with Crippen molar-refractivity contribution in [3.63, 3.8) is 0 Å². The summed E-state index contributed by atoms with van der Waals surface area (Å²) in [6, 6.07) is 4.42. The molecule has 0 spiro atoms. The highest BCUT2D eigenvalue weighted by atomic mass is 16.1. The molecular weight excluding hydrogens is 244 g/mol. The lowest BCUT2D eigenvalue weighted by molar-refractivity contribution is 0.101. The van der Waals surface area contributed by atoms with Gasteiger partial charge >= 0.3 is 0 Å². The molecule has 0 heterocycles. The second-order valence-electron chi connectivity index (χ2n) is 7.79. The second-order valence-corrected chi connectivity index (χ2v) is 7.79. The summed E-state index contributed by atoms with van der Waals surface area (Å²) in [5.41, 5.74) is 5.06. The minimum atomic E-state index is 0.113. The zero-order valence-corrected chi connectivity index (χ0v) is 14.2. The van der Waals surface area contributed by atoms with Crippen LogP contribution in [0.15, 0.2) is 12.1 Å². The van der Waals surface area contributed by atoms with Gasteiger partial charge in [0.2, 0.25) is 0 Å². The Balaban J connectivity index is 2.80. The minimum absolute atomic E-state index is 0.113. The Morgan fingerprint density at radius 3 is 1.75 bits per heavy atom. The Morgan fingerprint density at radius 1 is 0.950 bits per heavy atom. The van der Waals surface area contributed by atoms with Crippen LogP contribution in [-0.4, -0.2) is 5.78 Å². The molecule has 2 atom stereocenters.